The van der Waals surface area contributed by atoms with E-state index in [2.05, 4.69) is 10.3 Å². The first-order valence-electron chi connectivity index (χ1n) is 10.9. The minimum atomic E-state index is -0.0785. The summed E-state index contributed by atoms with van der Waals surface area (Å²) in [4.78, 5) is 32.6. The molecule has 0 bridgehead atoms. The summed E-state index contributed by atoms with van der Waals surface area (Å²) >= 11 is 0. The van der Waals surface area contributed by atoms with Crippen LogP contribution in [0.3, 0.4) is 0 Å². The number of nitrogens with zero attached hydrogens (tertiary/aromatic N) is 3. The number of fused-ring (bicyclic) bond motifs is 1. The molecule has 3 aliphatic rings. The summed E-state index contributed by atoms with van der Waals surface area (Å²) in [7, 11) is 0. The Hall–Kier alpha value is -1.85. The van der Waals surface area contributed by atoms with Gasteiger partial charge < -0.3 is 14.8 Å². The van der Waals surface area contributed by atoms with Crippen LogP contribution in [0.4, 0.5) is 0 Å². The van der Waals surface area contributed by atoms with Crippen LogP contribution in [-0.2, 0) is 13.0 Å². The van der Waals surface area contributed by atoms with Crippen molar-refractivity contribution in [3.8, 4) is 0 Å². The number of nitrogens with one attached hydrogen (secondary N) is 1. The predicted octanol–water partition coefficient (Wildman–Crippen LogP) is 3.30. The second-order valence-corrected chi connectivity index (χ2v) is 8.35. The molecule has 2 aliphatic heterocycles. The van der Waals surface area contributed by atoms with E-state index in [4.69, 9.17) is 0 Å². The van der Waals surface area contributed by atoms with Crippen LogP contribution in [-0.4, -0.2) is 45.4 Å². The molecule has 6 nitrogen and oxygen atoms in total. The molecule has 1 saturated heterocycles. The first kappa shape index (κ1) is 18.5. The Morgan fingerprint density at radius 1 is 0.852 bits per heavy atom. The third kappa shape index (κ3) is 4.04. The Morgan fingerprint density at radius 2 is 1.52 bits per heavy atom. The first-order chi connectivity index (χ1) is 13.2. The van der Waals surface area contributed by atoms with E-state index < -0.39 is 0 Å². The third-order valence-corrected chi connectivity index (χ3v) is 6.36. The maximum Gasteiger partial charge on any atom is 0.289 e. The van der Waals surface area contributed by atoms with Crippen molar-refractivity contribution in [1.82, 2.24) is 19.8 Å². The molecule has 0 aromatic carbocycles. The molecule has 148 valence electrons. The molecule has 6 heteroatoms. The number of carbonyl (C=O) groups is 2. The summed E-state index contributed by atoms with van der Waals surface area (Å²) in [5.41, 5.74) is 1.46. The zero-order valence-electron chi connectivity index (χ0n) is 16.3. The van der Waals surface area contributed by atoms with Crippen molar-refractivity contribution in [3.05, 3.63) is 17.2 Å². The van der Waals surface area contributed by atoms with E-state index in [1.54, 1.807) is 0 Å². The second kappa shape index (κ2) is 8.44. The first-order valence-corrected chi connectivity index (χ1v) is 10.9. The lowest BCUT2D eigenvalue weighted by atomic mass is 10.1. The van der Waals surface area contributed by atoms with E-state index in [0.717, 1.165) is 70.3 Å². The van der Waals surface area contributed by atoms with Gasteiger partial charge in [0, 0.05) is 25.7 Å². The number of imidazole rings is 1. The van der Waals surface area contributed by atoms with Gasteiger partial charge in [-0.15, -0.1) is 0 Å². The molecule has 1 aromatic heterocycles. The van der Waals surface area contributed by atoms with E-state index in [9.17, 15) is 9.59 Å². The molecule has 4 rings (SSSR count). The number of likely N-dealkylation sites (tertiary alicyclic amines) is 1. The molecule has 1 aliphatic carbocycles. The largest absolute Gasteiger partial charge is 0.348 e. The topological polar surface area (TPSA) is 67.2 Å². The Bertz CT molecular complexity index is 683. The SMILES string of the molecule is O=C(NC1CCCCCC1)c1nc(C(=O)N2CCCCC2)n2c1CCCC2. The highest BCUT2D eigenvalue weighted by Crippen LogP contribution is 2.24. The van der Waals surface area contributed by atoms with Gasteiger partial charge in [-0.05, 0) is 51.4 Å². The van der Waals surface area contributed by atoms with Crippen LogP contribution in [0.15, 0.2) is 0 Å². The van der Waals surface area contributed by atoms with Crippen molar-refractivity contribution in [2.45, 2.75) is 89.6 Å². The molecular weight excluding hydrogens is 340 g/mol. The van der Waals surface area contributed by atoms with Gasteiger partial charge in [-0.1, -0.05) is 25.7 Å². The van der Waals surface area contributed by atoms with Crippen molar-refractivity contribution in [1.29, 1.82) is 0 Å². The normalized spacial score (nSPS) is 21.4. The molecule has 0 unspecified atom stereocenters. The number of rotatable bonds is 3. The van der Waals surface area contributed by atoms with E-state index in [1.165, 1.54) is 32.1 Å². The van der Waals surface area contributed by atoms with Crippen molar-refractivity contribution in [2.24, 2.45) is 0 Å². The summed E-state index contributed by atoms with van der Waals surface area (Å²) in [6.45, 7) is 2.42. The smallest absolute Gasteiger partial charge is 0.289 e. The van der Waals surface area contributed by atoms with Crippen molar-refractivity contribution >= 4 is 11.8 Å². The summed E-state index contributed by atoms with van der Waals surface area (Å²) in [5, 5.41) is 3.22. The van der Waals surface area contributed by atoms with E-state index in [1.807, 2.05) is 9.47 Å². The van der Waals surface area contributed by atoms with Crippen molar-refractivity contribution in [3.63, 3.8) is 0 Å². The molecule has 2 amide bonds. The number of carbonyl (C=O) groups excluding carboxylic acids is 2. The van der Waals surface area contributed by atoms with Crippen LogP contribution in [0.1, 0.15) is 97.4 Å². The van der Waals surface area contributed by atoms with Crippen LogP contribution in [0.25, 0.3) is 0 Å². The van der Waals surface area contributed by atoms with Crippen LogP contribution in [0.5, 0.6) is 0 Å². The van der Waals surface area contributed by atoms with Crippen LogP contribution in [0, 0.1) is 0 Å². The molecule has 1 aromatic rings. The molecule has 0 spiro atoms. The van der Waals surface area contributed by atoms with Gasteiger partial charge in [0.15, 0.2) is 5.82 Å². The van der Waals surface area contributed by atoms with Gasteiger partial charge in [-0.25, -0.2) is 4.98 Å². The zero-order chi connectivity index (χ0) is 18.6. The Morgan fingerprint density at radius 3 is 2.26 bits per heavy atom. The lowest BCUT2D eigenvalue weighted by Crippen LogP contribution is -2.37. The lowest BCUT2D eigenvalue weighted by Gasteiger charge is -2.27. The van der Waals surface area contributed by atoms with E-state index in [-0.39, 0.29) is 17.9 Å². The van der Waals surface area contributed by atoms with Gasteiger partial charge in [-0.2, -0.15) is 0 Å². The molecule has 1 N–H and O–H groups in total. The van der Waals surface area contributed by atoms with Gasteiger partial charge in [0.1, 0.15) is 5.69 Å². The van der Waals surface area contributed by atoms with Gasteiger partial charge in [0.05, 0.1) is 5.69 Å². The minimum absolute atomic E-state index is 0.00589. The number of hydrogen-bond acceptors (Lipinski definition) is 3. The van der Waals surface area contributed by atoms with Crippen molar-refractivity contribution in [2.75, 3.05) is 13.1 Å². The van der Waals surface area contributed by atoms with Crippen molar-refractivity contribution < 1.29 is 9.59 Å². The Kier molecular flexibility index (Phi) is 5.79. The Balaban J connectivity index is 1.56. The van der Waals surface area contributed by atoms with Crippen LogP contribution >= 0.6 is 0 Å². The standard InChI is InChI=1S/C21H32N4O2/c26-20(22-16-10-4-1-2-5-11-16)18-17-12-6-9-15-25(17)19(23-18)21(27)24-13-7-3-8-14-24/h16H,1-15H2,(H,22,26). The fraction of sp³-hybridized carbons (Fsp3) is 0.762. The molecule has 1 saturated carbocycles. The lowest BCUT2D eigenvalue weighted by molar-refractivity contribution is 0.0705. The quantitative estimate of drug-likeness (QED) is 0.828. The molecule has 27 heavy (non-hydrogen) atoms. The maximum atomic E-state index is 13.1. The van der Waals surface area contributed by atoms with E-state index in [0.29, 0.717) is 11.5 Å². The summed E-state index contributed by atoms with van der Waals surface area (Å²) < 4.78 is 2.03. The average Bonchev–Trinajstić information content (AvgIpc) is 2.91. The van der Waals surface area contributed by atoms with E-state index >= 15 is 0 Å². The monoisotopic (exact) mass is 372 g/mol. The summed E-state index contributed by atoms with van der Waals surface area (Å²) in [6.07, 6.45) is 13.3. The zero-order valence-corrected chi connectivity index (χ0v) is 16.3. The van der Waals surface area contributed by atoms with Crippen LogP contribution < -0.4 is 5.32 Å². The highest BCUT2D eigenvalue weighted by atomic mass is 16.2. The molecular formula is C21H32N4O2. The number of piperidine rings is 1. The molecule has 2 fully saturated rings. The fourth-order valence-corrected chi connectivity index (χ4v) is 4.80. The minimum Gasteiger partial charge on any atom is -0.348 e. The van der Waals surface area contributed by atoms with Gasteiger partial charge in [0.2, 0.25) is 0 Å². The summed E-state index contributed by atoms with van der Waals surface area (Å²) in [5.74, 6) is 0.411. The molecule has 3 heterocycles. The molecule has 0 atom stereocenters. The number of aromatic nitrogens is 2. The Labute approximate surface area is 161 Å². The van der Waals surface area contributed by atoms with Gasteiger partial charge in [0.25, 0.3) is 11.8 Å². The summed E-state index contributed by atoms with van der Waals surface area (Å²) in [6, 6.07) is 0.252. The highest BCUT2D eigenvalue weighted by Gasteiger charge is 2.31. The third-order valence-electron chi connectivity index (χ3n) is 6.36. The second-order valence-electron chi connectivity index (χ2n) is 8.35. The molecule has 0 radical (unpaired) electrons. The predicted molar refractivity (Wildman–Crippen MR) is 104 cm³/mol. The highest BCUT2D eigenvalue weighted by molar-refractivity contribution is 5.97. The van der Waals surface area contributed by atoms with Gasteiger partial charge in [-0.3, -0.25) is 9.59 Å². The van der Waals surface area contributed by atoms with Gasteiger partial charge >= 0.3 is 0 Å². The maximum absolute atomic E-state index is 13.1. The fourth-order valence-electron chi connectivity index (χ4n) is 4.80. The van der Waals surface area contributed by atoms with Crippen LogP contribution in [0.2, 0.25) is 0 Å². The number of amides is 2. The average molecular weight is 373 g/mol. The number of hydrogen-bond donors (Lipinski definition) is 1.